The van der Waals surface area contributed by atoms with Crippen LogP contribution in [0.5, 0.6) is 0 Å². The molecule has 1 heterocycles. The third-order valence-electron chi connectivity index (χ3n) is 3.10. The van der Waals surface area contributed by atoms with E-state index >= 15 is 0 Å². The van der Waals surface area contributed by atoms with Gasteiger partial charge in [0.25, 0.3) is 0 Å². The smallest absolute Gasteiger partial charge is 0.243 e. The second-order valence-electron chi connectivity index (χ2n) is 4.92. The zero-order valence-electron chi connectivity index (χ0n) is 11.1. The zero-order valence-corrected chi connectivity index (χ0v) is 11.1. The molecule has 1 aromatic heterocycles. The number of benzene rings is 1. The molecule has 0 amide bonds. The monoisotopic (exact) mass is 245 g/mol. The Hall–Kier alpha value is -1.68. The average Bonchev–Trinajstić information content (AvgIpc) is 2.79. The van der Waals surface area contributed by atoms with Gasteiger partial charge in [0.1, 0.15) is 0 Å². The van der Waals surface area contributed by atoms with Gasteiger partial charge in [-0.2, -0.15) is 4.98 Å². The Morgan fingerprint density at radius 3 is 2.67 bits per heavy atom. The molecule has 0 aliphatic carbocycles. The Labute approximate surface area is 107 Å². The lowest BCUT2D eigenvalue weighted by Crippen LogP contribution is -2.17. The van der Waals surface area contributed by atoms with Gasteiger partial charge in [-0.15, -0.1) is 0 Å². The van der Waals surface area contributed by atoms with Crippen molar-refractivity contribution in [1.29, 1.82) is 0 Å². The summed E-state index contributed by atoms with van der Waals surface area (Å²) in [5.41, 5.74) is 8.42. The maximum Gasteiger partial charge on any atom is 0.243 e. The number of hydrogen-bond acceptors (Lipinski definition) is 4. The SMILES string of the molecule is Cc1ccccc1Cc1noc(C(N)C(C)C)n1. The van der Waals surface area contributed by atoms with E-state index < -0.39 is 0 Å². The number of rotatable bonds is 4. The molecule has 2 rings (SSSR count). The molecule has 2 aromatic rings. The zero-order chi connectivity index (χ0) is 13.1. The van der Waals surface area contributed by atoms with Crippen LogP contribution in [-0.4, -0.2) is 10.1 Å². The summed E-state index contributed by atoms with van der Waals surface area (Å²) in [5.74, 6) is 1.50. The molecular formula is C14H19N3O. The van der Waals surface area contributed by atoms with E-state index in [4.69, 9.17) is 10.3 Å². The first-order valence-corrected chi connectivity index (χ1v) is 6.20. The fourth-order valence-electron chi connectivity index (χ4n) is 1.74. The molecule has 0 aliphatic rings. The third-order valence-corrected chi connectivity index (χ3v) is 3.10. The summed E-state index contributed by atoms with van der Waals surface area (Å²) in [5, 5.41) is 3.99. The summed E-state index contributed by atoms with van der Waals surface area (Å²) in [4.78, 5) is 4.37. The first-order valence-electron chi connectivity index (χ1n) is 6.20. The van der Waals surface area contributed by atoms with Crippen LogP contribution >= 0.6 is 0 Å². The normalized spacial score (nSPS) is 12.9. The Kier molecular flexibility index (Phi) is 3.77. The number of aromatic nitrogens is 2. The van der Waals surface area contributed by atoms with Gasteiger partial charge in [-0.3, -0.25) is 0 Å². The van der Waals surface area contributed by atoms with Crippen molar-refractivity contribution in [1.82, 2.24) is 10.1 Å². The quantitative estimate of drug-likeness (QED) is 0.899. The van der Waals surface area contributed by atoms with Gasteiger partial charge in [-0.1, -0.05) is 43.3 Å². The minimum atomic E-state index is -0.192. The molecule has 0 saturated carbocycles. The molecule has 0 saturated heterocycles. The highest BCUT2D eigenvalue weighted by atomic mass is 16.5. The van der Waals surface area contributed by atoms with Gasteiger partial charge >= 0.3 is 0 Å². The van der Waals surface area contributed by atoms with E-state index in [1.165, 1.54) is 11.1 Å². The summed E-state index contributed by atoms with van der Waals surface area (Å²) in [6, 6.07) is 8.01. The molecule has 0 bridgehead atoms. The fourth-order valence-corrected chi connectivity index (χ4v) is 1.74. The predicted octanol–water partition coefficient (Wildman–Crippen LogP) is 2.62. The van der Waals surface area contributed by atoms with Crippen LogP contribution in [0, 0.1) is 12.8 Å². The van der Waals surface area contributed by atoms with Crippen LogP contribution in [0.2, 0.25) is 0 Å². The van der Waals surface area contributed by atoms with E-state index in [1.54, 1.807) is 0 Å². The van der Waals surface area contributed by atoms with Crippen LogP contribution in [0.25, 0.3) is 0 Å². The van der Waals surface area contributed by atoms with Crippen molar-refractivity contribution >= 4 is 0 Å². The van der Waals surface area contributed by atoms with E-state index in [0.717, 1.165) is 0 Å². The van der Waals surface area contributed by atoms with Crippen LogP contribution < -0.4 is 5.73 Å². The Bertz CT molecular complexity index is 519. The molecule has 0 radical (unpaired) electrons. The van der Waals surface area contributed by atoms with Crippen LogP contribution in [-0.2, 0) is 6.42 Å². The molecule has 2 N–H and O–H groups in total. The van der Waals surface area contributed by atoms with E-state index in [0.29, 0.717) is 18.1 Å². The first kappa shape index (κ1) is 12.8. The Morgan fingerprint density at radius 1 is 1.28 bits per heavy atom. The fraction of sp³-hybridized carbons (Fsp3) is 0.429. The maximum absolute atomic E-state index is 5.98. The van der Waals surface area contributed by atoms with Crippen LogP contribution in [0.15, 0.2) is 28.8 Å². The Balaban J connectivity index is 2.14. The van der Waals surface area contributed by atoms with Gasteiger partial charge in [0.15, 0.2) is 5.82 Å². The number of nitrogens with zero attached hydrogens (tertiary/aromatic N) is 2. The Morgan fingerprint density at radius 2 is 2.00 bits per heavy atom. The van der Waals surface area contributed by atoms with Crippen LogP contribution in [0.1, 0.15) is 42.7 Å². The van der Waals surface area contributed by atoms with Crippen molar-refractivity contribution < 1.29 is 4.52 Å². The minimum absolute atomic E-state index is 0.192. The van der Waals surface area contributed by atoms with Gasteiger partial charge in [0.2, 0.25) is 5.89 Å². The second-order valence-corrected chi connectivity index (χ2v) is 4.92. The molecule has 1 atom stereocenters. The van der Waals surface area contributed by atoms with Crippen molar-refractivity contribution in [3.63, 3.8) is 0 Å². The largest absolute Gasteiger partial charge is 0.338 e. The second kappa shape index (κ2) is 5.31. The third kappa shape index (κ3) is 2.76. The predicted molar refractivity (Wildman–Crippen MR) is 70.0 cm³/mol. The van der Waals surface area contributed by atoms with Gasteiger partial charge in [-0.25, -0.2) is 0 Å². The molecule has 1 unspecified atom stereocenters. The highest BCUT2D eigenvalue weighted by molar-refractivity contribution is 5.28. The lowest BCUT2D eigenvalue weighted by Gasteiger charge is -2.09. The molecule has 4 nitrogen and oxygen atoms in total. The molecular weight excluding hydrogens is 226 g/mol. The van der Waals surface area contributed by atoms with Crippen molar-refractivity contribution in [2.45, 2.75) is 33.2 Å². The molecule has 1 aromatic carbocycles. The summed E-state index contributed by atoms with van der Waals surface area (Å²) in [7, 11) is 0. The van der Waals surface area contributed by atoms with E-state index in [-0.39, 0.29) is 12.0 Å². The van der Waals surface area contributed by atoms with E-state index in [1.807, 2.05) is 26.0 Å². The van der Waals surface area contributed by atoms with Gasteiger partial charge in [0.05, 0.1) is 6.04 Å². The highest BCUT2D eigenvalue weighted by Gasteiger charge is 2.18. The van der Waals surface area contributed by atoms with Gasteiger partial charge < -0.3 is 10.3 Å². The minimum Gasteiger partial charge on any atom is -0.338 e. The summed E-state index contributed by atoms with van der Waals surface area (Å²) >= 11 is 0. The van der Waals surface area contributed by atoms with Crippen molar-refractivity contribution in [3.8, 4) is 0 Å². The van der Waals surface area contributed by atoms with Gasteiger partial charge in [-0.05, 0) is 24.0 Å². The number of nitrogens with two attached hydrogens (primary N) is 1. The molecule has 0 fully saturated rings. The lowest BCUT2D eigenvalue weighted by atomic mass is 10.1. The van der Waals surface area contributed by atoms with Crippen LogP contribution in [0.4, 0.5) is 0 Å². The maximum atomic E-state index is 5.98. The standard InChI is InChI=1S/C14H19N3O/c1-9(2)13(15)14-16-12(17-18-14)8-11-7-5-4-6-10(11)3/h4-7,9,13H,8,15H2,1-3H3. The van der Waals surface area contributed by atoms with Gasteiger partial charge in [0, 0.05) is 6.42 Å². The number of aryl methyl sites for hydroxylation is 1. The topological polar surface area (TPSA) is 64.9 Å². The highest BCUT2D eigenvalue weighted by Crippen LogP contribution is 2.18. The van der Waals surface area contributed by atoms with Crippen molar-refractivity contribution in [2.24, 2.45) is 11.7 Å². The molecule has 18 heavy (non-hydrogen) atoms. The van der Waals surface area contributed by atoms with Crippen molar-refractivity contribution in [2.75, 3.05) is 0 Å². The summed E-state index contributed by atoms with van der Waals surface area (Å²) in [6.45, 7) is 6.15. The first-order chi connectivity index (χ1) is 8.58. The van der Waals surface area contributed by atoms with E-state index in [2.05, 4.69) is 29.2 Å². The van der Waals surface area contributed by atoms with E-state index in [9.17, 15) is 0 Å². The summed E-state index contributed by atoms with van der Waals surface area (Å²) < 4.78 is 5.21. The average molecular weight is 245 g/mol. The lowest BCUT2D eigenvalue weighted by molar-refractivity contribution is 0.322. The number of hydrogen-bond donors (Lipinski definition) is 1. The van der Waals surface area contributed by atoms with Crippen LogP contribution in [0.3, 0.4) is 0 Å². The summed E-state index contributed by atoms with van der Waals surface area (Å²) in [6.07, 6.45) is 0.682. The van der Waals surface area contributed by atoms with Crippen molar-refractivity contribution in [3.05, 3.63) is 47.1 Å². The molecule has 0 aliphatic heterocycles. The molecule has 96 valence electrons. The molecule has 4 heteroatoms. The molecule has 0 spiro atoms.